The zero-order valence-electron chi connectivity index (χ0n) is 12.3. The molecule has 2 aromatic carbocycles. The van der Waals surface area contributed by atoms with Gasteiger partial charge in [0.2, 0.25) is 0 Å². The number of phenols is 1. The zero-order chi connectivity index (χ0) is 16.8. The summed E-state index contributed by atoms with van der Waals surface area (Å²) >= 11 is 9.20. The quantitative estimate of drug-likeness (QED) is 0.532. The third-order valence-corrected chi connectivity index (χ3v) is 3.70. The SMILES string of the molecule is C[C@H](Nc1cccc(Cl)c1)C(=O)N/N=C/c1cc(Br)ccc1O. The number of nitrogens with zero attached hydrogens (tertiary/aromatic N) is 1. The molecule has 0 aromatic heterocycles. The molecule has 5 nitrogen and oxygen atoms in total. The fourth-order valence-electron chi connectivity index (χ4n) is 1.78. The maximum absolute atomic E-state index is 12.0. The van der Waals surface area contributed by atoms with Gasteiger partial charge in [0, 0.05) is 20.7 Å². The molecule has 0 aliphatic heterocycles. The first-order valence-electron chi connectivity index (χ1n) is 6.79. The van der Waals surface area contributed by atoms with Crippen molar-refractivity contribution in [1.29, 1.82) is 0 Å². The van der Waals surface area contributed by atoms with Crippen LogP contribution in [0.4, 0.5) is 5.69 Å². The number of aromatic hydroxyl groups is 1. The van der Waals surface area contributed by atoms with Gasteiger partial charge >= 0.3 is 0 Å². The van der Waals surface area contributed by atoms with Crippen molar-refractivity contribution in [1.82, 2.24) is 5.43 Å². The maximum atomic E-state index is 12.0. The lowest BCUT2D eigenvalue weighted by atomic mass is 10.2. The topological polar surface area (TPSA) is 73.7 Å². The number of rotatable bonds is 5. The van der Waals surface area contributed by atoms with Crippen LogP contribution in [0.15, 0.2) is 52.0 Å². The van der Waals surface area contributed by atoms with Crippen LogP contribution in [0, 0.1) is 0 Å². The van der Waals surface area contributed by atoms with Crippen molar-refractivity contribution >= 4 is 45.3 Å². The summed E-state index contributed by atoms with van der Waals surface area (Å²) in [6.45, 7) is 1.71. The Bertz CT molecular complexity index is 737. The number of hydrogen-bond donors (Lipinski definition) is 3. The molecule has 0 aliphatic carbocycles. The standard InChI is InChI=1S/C16H15BrClN3O2/c1-10(20-14-4-2-3-13(18)8-14)16(23)21-19-9-11-7-12(17)5-6-15(11)22/h2-10,20,22H,1H3,(H,21,23)/b19-9+/t10-/m0/s1. The highest BCUT2D eigenvalue weighted by atomic mass is 79.9. The second kappa shape index (κ2) is 7.99. The Morgan fingerprint density at radius 1 is 1.35 bits per heavy atom. The third-order valence-electron chi connectivity index (χ3n) is 2.97. The average molecular weight is 397 g/mol. The first-order valence-corrected chi connectivity index (χ1v) is 7.96. The summed E-state index contributed by atoms with van der Waals surface area (Å²) in [4.78, 5) is 12.0. The Morgan fingerprint density at radius 3 is 2.87 bits per heavy atom. The highest BCUT2D eigenvalue weighted by molar-refractivity contribution is 9.10. The van der Waals surface area contributed by atoms with E-state index in [4.69, 9.17) is 11.6 Å². The molecule has 0 bridgehead atoms. The molecule has 2 rings (SSSR count). The number of hydrazone groups is 1. The van der Waals surface area contributed by atoms with Gasteiger partial charge in [-0.15, -0.1) is 0 Å². The second-order valence-electron chi connectivity index (χ2n) is 4.81. The number of amides is 1. The lowest BCUT2D eigenvalue weighted by molar-refractivity contribution is -0.121. The predicted octanol–water partition coefficient (Wildman–Crippen LogP) is 3.76. The molecule has 0 heterocycles. The van der Waals surface area contributed by atoms with Crippen molar-refractivity contribution < 1.29 is 9.90 Å². The van der Waals surface area contributed by atoms with E-state index in [1.807, 2.05) is 6.07 Å². The Morgan fingerprint density at radius 2 is 2.13 bits per heavy atom. The molecule has 0 spiro atoms. The van der Waals surface area contributed by atoms with E-state index >= 15 is 0 Å². The van der Waals surface area contributed by atoms with Crippen molar-refractivity contribution in [3.05, 3.63) is 57.5 Å². The van der Waals surface area contributed by atoms with Crippen LogP contribution < -0.4 is 10.7 Å². The Kier molecular flexibility index (Phi) is 6.01. The molecule has 3 N–H and O–H groups in total. The smallest absolute Gasteiger partial charge is 0.262 e. The summed E-state index contributed by atoms with van der Waals surface area (Å²) in [7, 11) is 0. The van der Waals surface area contributed by atoms with Crippen LogP contribution >= 0.6 is 27.5 Å². The Hall–Kier alpha value is -2.05. The second-order valence-corrected chi connectivity index (χ2v) is 6.17. The molecule has 0 aliphatic rings. The van der Waals surface area contributed by atoms with Crippen LogP contribution in [-0.4, -0.2) is 23.3 Å². The van der Waals surface area contributed by atoms with E-state index in [9.17, 15) is 9.90 Å². The van der Waals surface area contributed by atoms with Gasteiger partial charge in [-0.2, -0.15) is 5.10 Å². The van der Waals surface area contributed by atoms with Crippen LogP contribution in [0.2, 0.25) is 5.02 Å². The normalized spacial score (nSPS) is 12.1. The summed E-state index contributed by atoms with van der Waals surface area (Å²) in [5.74, 6) is -0.230. The molecule has 1 amide bonds. The molecule has 120 valence electrons. The third kappa shape index (κ3) is 5.26. The minimum absolute atomic E-state index is 0.0799. The Balaban J connectivity index is 1.93. The van der Waals surface area contributed by atoms with Gasteiger partial charge in [0.05, 0.1) is 6.21 Å². The number of phenolic OH excluding ortho intramolecular Hbond substituents is 1. The first-order chi connectivity index (χ1) is 11.0. The summed E-state index contributed by atoms with van der Waals surface area (Å²) in [5, 5.41) is 17.1. The lowest BCUT2D eigenvalue weighted by Gasteiger charge is -2.13. The fraction of sp³-hybridized carbons (Fsp3) is 0.125. The number of benzene rings is 2. The predicted molar refractivity (Wildman–Crippen MR) is 96.1 cm³/mol. The van der Waals surface area contributed by atoms with Gasteiger partial charge in [0.25, 0.3) is 5.91 Å². The van der Waals surface area contributed by atoms with Gasteiger partial charge in [-0.3, -0.25) is 4.79 Å². The monoisotopic (exact) mass is 395 g/mol. The van der Waals surface area contributed by atoms with Crippen molar-refractivity contribution in [2.45, 2.75) is 13.0 Å². The number of hydrogen-bond acceptors (Lipinski definition) is 4. The molecule has 2 aromatic rings. The van der Waals surface area contributed by atoms with Crippen LogP contribution in [0.5, 0.6) is 5.75 Å². The number of halogens is 2. The largest absolute Gasteiger partial charge is 0.507 e. The molecule has 23 heavy (non-hydrogen) atoms. The molecule has 0 saturated heterocycles. The summed E-state index contributed by atoms with van der Waals surface area (Å²) in [6.07, 6.45) is 1.38. The molecular weight excluding hydrogens is 382 g/mol. The van der Waals surface area contributed by atoms with Crippen molar-refractivity contribution in [3.8, 4) is 5.75 Å². The number of nitrogens with one attached hydrogen (secondary N) is 2. The van der Waals surface area contributed by atoms with E-state index < -0.39 is 6.04 Å². The zero-order valence-corrected chi connectivity index (χ0v) is 14.6. The van der Waals surface area contributed by atoms with Gasteiger partial charge in [0.1, 0.15) is 11.8 Å². The number of anilines is 1. The van der Waals surface area contributed by atoms with Gasteiger partial charge in [0.15, 0.2) is 0 Å². The molecule has 0 unspecified atom stereocenters. The summed E-state index contributed by atoms with van der Waals surface area (Å²) < 4.78 is 0.805. The molecule has 0 fully saturated rings. The summed E-state index contributed by atoms with van der Waals surface area (Å²) in [6, 6.07) is 11.5. The van der Waals surface area contributed by atoms with Crippen molar-refractivity contribution in [3.63, 3.8) is 0 Å². The molecular formula is C16H15BrClN3O2. The van der Waals surface area contributed by atoms with E-state index in [1.165, 1.54) is 12.3 Å². The average Bonchev–Trinajstić information content (AvgIpc) is 2.50. The molecule has 0 radical (unpaired) electrons. The van der Waals surface area contributed by atoms with Gasteiger partial charge < -0.3 is 10.4 Å². The molecule has 1 atom stereocenters. The fourth-order valence-corrected chi connectivity index (χ4v) is 2.35. The highest BCUT2D eigenvalue weighted by Crippen LogP contribution is 2.20. The van der Waals surface area contributed by atoms with E-state index in [0.717, 1.165) is 10.2 Å². The Labute approximate surface area is 147 Å². The van der Waals surface area contributed by atoms with Gasteiger partial charge in [-0.1, -0.05) is 33.6 Å². The van der Waals surface area contributed by atoms with E-state index in [1.54, 1.807) is 37.3 Å². The summed E-state index contributed by atoms with van der Waals surface area (Å²) in [5.41, 5.74) is 3.66. The van der Waals surface area contributed by atoms with Crippen molar-refractivity contribution in [2.75, 3.05) is 5.32 Å². The minimum Gasteiger partial charge on any atom is -0.507 e. The number of carbonyl (C=O) groups excluding carboxylic acids is 1. The van der Waals surface area contributed by atoms with E-state index in [-0.39, 0.29) is 11.7 Å². The lowest BCUT2D eigenvalue weighted by Crippen LogP contribution is -2.34. The first kappa shape index (κ1) is 17.3. The minimum atomic E-state index is -0.498. The van der Waals surface area contributed by atoms with E-state index in [0.29, 0.717) is 10.6 Å². The van der Waals surface area contributed by atoms with Crippen molar-refractivity contribution in [2.24, 2.45) is 5.10 Å². The van der Waals surface area contributed by atoms with Gasteiger partial charge in [-0.05, 0) is 43.3 Å². The van der Waals surface area contributed by atoms with Crippen LogP contribution in [0.3, 0.4) is 0 Å². The highest BCUT2D eigenvalue weighted by Gasteiger charge is 2.11. The van der Waals surface area contributed by atoms with Gasteiger partial charge in [-0.25, -0.2) is 5.43 Å². The van der Waals surface area contributed by atoms with Crippen LogP contribution in [0.25, 0.3) is 0 Å². The van der Waals surface area contributed by atoms with Crippen LogP contribution in [0.1, 0.15) is 12.5 Å². The maximum Gasteiger partial charge on any atom is 0.262 e. The van der Waals surface area contributed by atoms with Crippen LogP contribution in [-0.2, 0) is 4.79 Å². The molecule has 0 saturated carbocycles. The molecule has 7 heteroatoms. The van der Waals surface area contributed by atoms with E-state index in [2.05, 4.69) is 31.8 Å². The number of carbonyl (C=O) groups is 1.